The number of nitrogens with zero attached hydrogens (tertiary/aromatic N) is 1. The lowest BCUT2D eigenvalue weighted by molar-refractivity contribution is 0.0527. The summed E-state index contributed by atoms with van der Waals surface area (Å²) in [7, 11) is 0. The summed E-state index contributed by atoms with van der Waals surface area (Å²) in [5.74, 6) is -0.727. The quantitative estimate of drug-likeness (QED) is 0.363. The Hall–Kier alpha value is -3.23. The Bertz CT molecular complexity index is 1480. The number of pyridine rings is 1. The number of hydrogen-bond donors (Lipinski definition) is 2. The molecule has 8 heteroatoms. The number of aryl methyl sites for hydroxylation is 3. The summed E-state index contributed by atoms with van der Waals surface area (Å²) in [6.07, 6.45) is 4.65. The normalized spacial score (nSPS) is 13.9. The Kier molecular flexibility index (Phi) is 5.15. The van der Waals surface area contributed by atoms with Crippen LogP contribution in [0.25, 0.3) is 20.7 Å². The second-order valence-electron chi connectivity index (χ2n) is 8.59. The number of carbonyl (C=O) groups excluding carboxylic acids is 2. The zero-order valence-electron chi connectivity index (χ0n) is 18.7. The lowest BCUT2D eigenvalue weighted by Crippen LogP contribution is -2.16. The van der Waals surface area contributed by atoms with Crippen LogP contribution >= 0.6 is 22.7 Å². The van der Waals surface area contributed by atoms with Crippen molar-refractivity contribution in [3.63, 3.8) is 0 Å². The smallest absolute Gasteiger partial charge is 0.341 e. The molecule has 0 fully saturated rings. The van der Waals surface area contributed by atoms with Gasteiger partial charge in [0.1, 0.15) is 14.7 Å². The second-order valence-corrected chi connectivity index (χ2v) is 10.6. The third-order valence-electron chi connectivity index (χ3n) is 6.58. The Labute approximate surface area is 204 Å². The molecule has 3 N–H and O–H groups in total. The van der Waals surface area contributed by atoms with Gasteiger partial charge in [0.05, 0.1) is 17.9 Å². The van der Waals surface area contributed by atoms with E-state index in [0.717, 1.165) is 64.0 Å². The number of benzene rings is 1. The predicted molar refractivity (Wildman–Crippen MR) is 137 cm³/mol. The van der Waals surface area contributed by atoms with E-state index in [9.17, 15) is 9.59 Å². The van der Waals surface area contributed by atoms with Crippen molar-refractivity contribution in [3.05, 3.63) is 63.2 Å². The van der Waals surface area contributed by atoms with Crippen molar-refractivity contribution in [2.75, 3.05) is 17.7 Å². The van der Waals surface area contributed by atoms with Gasteiger partial charge < -0.3 is 15.8 Å². The number of hydrogen-bond acceptors (Lipinski definition) is 7. The van der Waals surface area contributed by atoms with Crippen LogP contribution in [0.1, 0.15) is 55.8 Å². The van der Waals surface area contributed by atoms with E-state index in [1.54, 1.807) is 6.92 Å². The van der Waals surface area contributed by atoms with Gasteiger partial charge in [-0.25, -0.2) is 9.78 Å². The summed E-state index contributed by atoms with van der Waals surface area (Å²) in [6, 6.07) is 10.3. The highest BCUT2D eigenvalue weighted by atomic mass is 32.1. The number of esters is 1. The summed E-state index contributed by atoms with van der Waals surface area (Å²) in [4.78, 5) is 33.3. The fourth-order valence-corrected chi connectivity index (χ4v) is 7.26. The molecule has 2 aliphatic carbocycles. The highest BCUT2D eigenvalue weighted by Crippen LogP contribution is 2.46. The van der Waals surface area contributed by atoms with Crippen LogP contribution in [-0.2, 0) is 30.4 Å². The van der Waals surface area contributed by atoms with E-state index in [0.29, 0.717) is 21.1 Å². The van der Waals surface area contributed by atoms with Crippen LogP contribution in [-0.4, -0.2) is 23.5 Å². The zero-order valence-corrected chi connectivity index (χ0v) is 20.3. The minimum atomic E-state index is -0.405. The molecule has 172 valence electrons. The first-order chi connectivity index (χ1) is 16.5. The Morgan fingerprint density at radius 2 is 1.97 bits per heavy atom. The number of carbonyl (C=O) groups is 2. The molecule has 0 radical (unpaired) electrons. The Balaban J connectivity index is 1.41. The van der Waals surface area contributed by atoms with E-state index in [1.807, 2.05) is 12.1 Å². The summed E-state index contributed by atoms with van der Waals surface area (Å²) >= 11 is 2.73. The molecular formula is C26H23N3O3S2. The lowest BCUT2D eigenvalue weighted by Gasteiger charge is -2.16. The van der Waals surface area contributed by atoms with Crippen molar-refractivity contribution in [2.24, 2.45) is 0 Å². The molecule has 0 aliphatic heterocycles. The molecule has 0 unspecified atom stereocenters. The van der Waals surface area contributed by atoms with Gasteiger partial charge >= 0.3 is 5.97 Å². The minimum Gasteiger partial charge on any atom is -0.462 e. The van der Waals surface area contributed by atoms with Gasteiger partial charge in [-0.3, -0.25) is 4.79 Å². The average molecular weight is 490 g/mol. The number of thiophene rings is 2. The number of anilines is 2. The number of amides is 1. The van der Waals surface area contributed by atoms with Crippen LogP contribution in [0.3, 0.4) is 0 Å². The average Bonchev–Trinajstić information content (AvgIpc) is 3.53. The number of ether oxygens (including phenoxy) is 1. The van der Waals surface area contributed by atoms with E-state index in [2.05, 4.69) is 23.5 Å². The van der Waals surface area contributed by atoms with E-state index in [4.69, 9.17) is 15.5 Å². The fourth-order valence-electron chi connectivity index (χ4n) is 4.97. The summed E-state index contributed by atoms with van der Waals surface area (Å²) in [5, 5.41) is 4.34. The Morgan fingerprint density at radius 3 is 2.82 bits per heavy atom. The number of aromatic nitrogens is 1. The van der Waals surface area contributed by atoms with Gasteiger partial charge in [0.25, 0.3) is 5.91 Å². The van der Waals surface area contributed by atoms with Crippen LogP contribution in [0.5, 0.6) is 0 Å². The molecule has 0 saturated heterocycles. The molecule has 4 aromatic rings. The van der Waals surface area contributed by atoms with Crippen molar-refractivity contribution in [1.82, 2.24) is 4.98 Å². The molecule has 1 aromatic carbocycles. The molecule has 0 spiro atoms. The van der Waals surface area contributed by atoms with Crippen molar-refractivity contribution in [1.29, 1.82) is 0 Å². The Morgan fingerprint density at radius 1 is 1.12 bits per heavy atom. The van der Waals surface area contributed by atoms with E-state index < -0.39 is 5.97 Å². The van der Waals surface area contributed by atoms with Crippen LogP contribution in [0.2, 0.25) is 0 Å². The minimum absolute atomic E-state index is 0.271. The number of fused-ring (bicyclic) bond motifs is 5. The van der Waals surface area contributed by atoms with Gasteiger partial charge in [0.15, 0.2) is 0 Å². The number of rotatable bonds is 4. The molecule has 6 nitrogen and oxygen atoms in total. The maximum Gasteiger partial charge on any atom is 0.341 e. The lowest BCUT2D eigenvalue weighted by atomic mass is 9.89. The molecule has 1 amide bonds. The van der Waals surface area contributed by atoms with Gasteiger partial charge in [-0.05, 0) is 67.3 Å². The van der Waals surface area contributed by atoms with Gasteiger partial charge in [0, 0.05) is 16.0 Å². The van der Waals surface area contributed by atoms with E-state index >= 15 is 0 Å². The van der Waals surface area contributed by atoms with E-state index in [-0.39, 0.29) is 12.5 Å². The van der Waals surface area contributed by atoms with Crippen molar-refractivity contribution >= 4 is 55.5 Å². The van der Waals surface area contributed by atoms with Crippen molar-refractivity contribution in [2.45, 2.75) is 39.0 Å². The molecule has 6 rings (SSSR count). The molecule has 3 aromatic heterocycles. The molecule has 2 aliphatic rings. The van der Waals surface area contributed by atoms with Crippen molar-refractivity contribution in [3.8, 4) is 10.4 Å². The molecular weight excluding hydrogens is 466 g/mol. The predicted octanol–water partition coefficient (Wildman–Crippen LogP) is 5.62. The fraction of sp³-hybridized carbons (Fsp3) is 0.269. The first-order valence-electron chi connectivity index (χ1n) is 11.5. The second kappa shape index (κ2) is 8.21. The van der Waals surface area contributed by atoms with Crippen molar-refractivity contribution < 1.29 is 14.3 Å². The van der Waals surface area contributed by atoms with Crippen LogP contribution in [0.15, 0.2) is 30.3 Å². The summed E-state index contributed by atoms with van der Waals surface area (Å²) < 4.78 is 5.37. The third kappa shape index (κ3) is 3.32. The third-order valence-corrected chi connectivity index (χ3v) is 8.87. The largest absolute Gasteiger partial charge is 0.462 e. The van der Waals surface area contributed by atoms with E-state index in [1.165, 1.54) is 33.8 Å². The van der Waals surface area contributed by atoms with Gasteiger partial charge in [0.2, 0.25) is 0 Å². The van der Waals surface area contributed by atoms with Gasteiger partial charge in [-0.1, -0.05) is 24.3 Å². The van der Waals surface area contributed by atoms with Crippen LogP contribution < -0.4 is 11.1 Å². The number of nitrogens with one attached hydrogen (secondary N) is 1. The molecule has 0 atom stereocenters. The van der Waals surface area contributed by atoms with Crippen LogP contribution in [0.4, 0.5) is 10.7 Å². The SMILES string of the molecule is CCOC(=O)c1c(NC(=O)c2sc3nc4c(cc3c2N)CCC4)sc2c1CCc1ccccc1-2. The summed E-state index contributed by atoms with van der Waals surface area (Å²) in [5.41, 5.74) is 13.0. The van der Waals surface area contributed by atoms with Gasteiger partial charge in [-0.2, -0.15) is 0 Å². The number of nitrogens with two attached hydrogens (primary N) is 1. The standard InChI is InChI=1S/C26H23N3O3S2/c1-2-32-26(31)19-16-11-10-13-6-3-4-8-15(13)21(16)33-25(19)29-23(30)22-20(27)17-12-14-7-5-9-18(14)28-24(17)34-22/h3-4,6,8,12H,2,5,7,9-11,27H2,1H3,(H,29,30). The first kappa shape index (κ1) is 21.3. The van der Waals surface area contributed by atoms with Gasteiger partial charge in [-0.15, -0.1) is 22.7 Å². The highest BCUT2D eigenvalue weighted by Gasteiger charge is 2.30. The monoisotopic (exact) mass is 489 g/mol. The maximum absolute atomic E-state index is 13.4. The molecule has 34 heavy (non-hydrogen) atoms. The van der Waals surface area contributed by atoms with Crippen LogP contribution in [0, 0.1) is 0 Å². The molecule has 0 saturated carbocycles. The highest BCUT2D eigenvalue weighted by molar-refractivity contribution is 7.22. The molecule has 0 bridgehead atoms. The first-order valence-corrected chi connectivity index (χ1v) is 13.1. The molecule has 3 heterocycles. The topological polar surface area (TPSA) is 94.3 Å². The number of nitrogen functional groups attached to an aromatic ring is 1. The summed E-state index contributed by atoms with van der Waals surface area (Å²) in [6.45, 7) is 2.06. The maximum atomic E-state index is 13.4. The zero-order chi connectivity index (χ0) is 23.4.